The molecule has 5 rings (SSSR count). The van der Waals surface area contributed by atoms with Crippen LogP contribution in [0.4, 0.5) is 5.69 Å². The fourth-order valence-corrected chi connectivity index (χ4v) is 4.80. The first-order valence-corrected chi connectivity index (χ1v) is 11.5. The van der Waals surface area contributed by atoms with Crippen molar-refractivity contribution in [3.63, 3.8) is 0 Å². The van der Waals surface area contributed by atoms with Gasteiger partial charge in [0.05, 0.1) is 12.2 Å². The molecule has 2 aromatic carbocycles. The van der Waals surface area contributed by atoms with Gasteiger partial charge in [0.15, 0.2) is 34.4 Å². The van der Waals surface area contributed by atoms with Gasteiger partial charge in [0.25, 0.3) is 0 Å². The summed E-state index contributed by atoms with van der Waals surface area (Å²) in [4.78, 5) is 26.4. The molecule has 2 aliphatic heterocycles. The smallest absolute Gasteiger partial charge is 0.231 e. The van der Waals surface area contributed by atoms with Crippen molar-refractivity contribution in [1.29, 1.82) is 0 Å². The minimum Gasteiger partial charge on any atom is -0.485 e. The molecule has 168 valence electrons. The standard InChI is InChI=1S/C24H22N4O4S/c1-3-10-28-23(21-13-31-19-6-4-5-7-20(19)32-21)25-26-24(28)33-14-18(29)15-8-9-17-16(11-15)12-22(30)27(17)2/h3-9,11,21H,1,10,12-14H2,2H3/t21-/m0/s1. The van der Waals surface area contributed by atoms with Gasteiger partial charge in [0.1, 0.15) is 6.61 Å². The molecular formula is C24H22N4O4S. The van der Waals surface area contributed by atoms with Crippen LogP contribution in [0.25, 0.3) is 0 Å². The highest BCUT2D eigenvalue weighted by Crippen LogP contribution is 2.36. The molecule has 0 saturated heterocycles. The highest BCUT2D eigenvalue weighted by molar-refractivity contribution is 7.99. The minimum absolute atomic E-state index is 0.0329. The van der Waals surface area contributed by atoms with E-state index in [2.05, 4.69) is 16.8 Å². The lowest BCUT2D eigenvalue weighted by Gasteiger charge is -2.26. The largest absolute Gasteiger partial charge is 0.485 e. The summed E-state index contributed by atoms with van der Waals surface area (Å²) in [5.74, 6) is 2.18. The molecule has 8 nitrogen and oxygen atoms in total. The number of carbonyl (C=O) groups is 2. The summed E-state index contributed by atoms with van der Waals surface area (Å²) in [5, 5.41) is 9.24. The van der Waals surface area contributed by atoms with Gasteiger partial charge in [-0.15, -0.1) is 16.8 Å². The fourth-order valence-electron chi connectivity index (χ4n) is 3.95. The summed E-state index contributed by atoms with van der Waals surface area (Å²) in [6, 6.07) is 12.9. The second-order valence-corrected chi connectivity index (χ2v) is 8.73. The number of ketones is 1. The Balaban J connectivity index is 1.31. The SMILES string of the molecule is C=CCn1c(SCC(=O)c2ccc3c(c2)CC(=O)N3C)nnc1[C@@H]1COc2ccccc2O1. The molecule has 0 aliphatic carbocycles. The Morgan fingerprint density at radius 1 is 1.24 bits per heavy atom. The molecule has 0 N–H and O–H groups in total. The Morgan fingerprint density at radius 3 is 2.88 bits per heavy atom. The number of likely N-dealkylation sites (N-methyl/N-ethyl adjacent to an activating group) is 1. The second kappa shape index (κ2) is 8.74. The van der Waals surface area contributed by atoms with Gasteiger partial charge in [-0.25, -0.2) is 0 Å². The first-order valence-electron chi connectivity index (χ1n) is 10.5. The van der Waals surface area contributed by atoms with Crippen LogP contribution in [-0.2, 0) is 17.8 Å². The van der Waals surface area contributed by atoms with Crippen molar-refractivity contribution < 1.29 is 19.1 Å². The average Bonchev–Trinajstić information content (AvgIpc) is 3.37. The molecule has 0 spiro atoms. The number of carbonyl (C=O) groups excluding carboxylic acids is 2. The third kappa shape index (κ3) is 4.00. The van der Waals surface area contributed by atoms with E-state index in [1.807, 2.05) is 41.0 Å². The number of benzene rings is 2. The average molecular weight is 463 g/mol. The van der Waals surface area contributed by atoms with Crippen LogP contribution in [0.2, 0.25) is 0 Å². The number of rotatable bonds is 7. The Morgan fingerprint density at radius 2 is 2.06 bits per heavy atom. The Kier molecular flexibility index (Phi) is 5.63. The van der Waals surface area contributed by atoms with Gasteiger partial charge in [-0.2, -0.15) is 0 Å². The van der Waals surface area contributed by atoms with Gasteiger partial charge in [-0.05, 0) is 35.9 Å². The molecule has 0 unspecified atom stereocenters. The summed E-state index contributed by atoms with van der Waals surface area (Å²) in [6.07, 6.45) is 1.66. The highest BCUT2D eigenvalue weighted by Gasteiger charge is 2.29. The van der Waals surface area contributed by atoms with Crippen LogP contribution >= 0.6 is 11.8 Å². The van der Waals surface area contributed by atoms with Crippen molar-refractivity contribution >= 4 is 29.1 Å². The van der Waals surface area contributed by atoms with Crippen molar-refractivity contribution in [3.8, 4) is 11.5 Å². The number of thioether (sulfide) groups is 1. The number of Topliss-reactive ketones (excluding diaryl/α,β-unsaturated/α-hetero) is 1. The number of fused-ring (bicyclic) bond motifs is 2. The predicted octanol–water partition coefficient (Wildman–Crippen LogP) is 3.47. The maximum Gasteiger partial charge on any atom is 0.231 e. The van der Waals surface area contributed by atoms with Crippen LogP contribution in [0.3, 0.4) is 0 Å². The zero-order valence-electron chi connectivity index (χ0n) is 18.1. The summed E-state index contributed by atoms with van der Waals surface area (Å²) in [7, 11) is 1.75. The number of ether oxygens (including phenoxy) is 2. The number of nitrogens with zero attached hydrogens (tertiary/aromatic N) is 4. The number of amides is 1. The minimum atomic E-state index is -0.413. The number of aromatic nitrogens is 3. The molecule has 0 saturated carbocycles. The highest BCUT2D eigenvalue weighted by atomic mass is 32.2. The number of allylic oxidation sites excluding steroid dienone is 1. The van der Waals surface area contributed by atoms with E-state index >= 15 is 0 Å². The zero-order valence-corrected chi connectivity index (χ0v) is 18.9. The van der Waals surface area contributed by atoms with E-state index in [1.165, 1.54) is 11.8 Å². The Labute approximate surface area is 195 Å². The molecule has 33 heavy (non-hydrogen) atoms. The van der Waals surface area contributed by atoms with Crippen molar-refractivity contribution in [3.05, 3.63) is 72.1 Å². The van der Waals surface area contributed by atoms with Gasteiger partial charge in [0, 0.05) is 24.8 Å². The Hall–Kier alpha value is -3.59. The molecule has 9 heteroatoms. The summed E-state index contributed by atoms with van der Waals surface area (Å²) in [6.45, 7) is 4.63. The lowest BCUT2D eigenvalue weighted by molar-refractivity contribution is -0.117. The lowest BCUT2D eigenvalue weighted by Crippen LogP contribution is -2.25. The van der Waals surface area contributed by atoms with Crippen LogP contribution in [0.1, 0.15) is 27.8 Å². The molecule has 1 amide bonds. The molecular weight excluding hydrogens is 440 g/mol. The van der Waals surface area contributed by atoms with E-state index in [9.17, 15) is 9.59 Å². The van der Waals surface area contributed by atoms with E-state index in [4.69, 9.17) is 9.47 Å². The maximum absolute atomic E-state index is 12.9. The van der Waals surface area contributed by atoms with Gasteiger partial charge in [-0.1, -0.05) is 30.0 Å². The van der Waals surface area contributed by atoms with Crippen LogP contribution in [-0.4, -0.2) is 45.9 Å². The number of hydrogen-bond acceptors (Lipinski definition) is 7. The second-order valence-electron chi connectivity index (χ2n) is 7.79. The third-order valence-electron chi connectivity index (χ3n) is 5.66. The molecule has 3 heterocycles. The van der Waals surface area contributed by atoms with Gasteiger partial charge >= 0.3 is 0 Å². The molecule has 0 bridgehead atoms. The van der Waals surface area contributed by atoms with Gasteiger partial charge < -0.3 is 14.4 Å². The number of para-hydroxylation sites is 2. The maximum atomic E-state index is 12.9. The number of hydrogen-bond donors (Lipinski definition) is 0. The molecule has 3 aromatic rings. The monoisotopic (exact) mass is 462 g/mol. The van der Waals surface area contributed by atoms with E-state index < -0.39 is 6.10 Å². The quantitative estimate of drug-likeness (QED) is 0.302. The summed E-state index contributed by atoms with van der Waals surface area (Å²) in [5.41, 5.74) is 2.32. The summed E-state index contributed by atoms with van der Waals surface area (Å²) >= 11 is 1.31. The van der Waals surface area contributed by atoms with Crippen molar-refractivity contribution in [2.75, 3.05) is 24.3 Å². The first kappa shape index (κ1) is 21.3. The fraction of sp³-hybridized carbons (Fsp3) is 0.250. The zero-order chi connectivity index (χ0) is 22.9. The van der Waals surface area contributed by atoms with Crippen LogP contribution in [0, 0.1) is 0 Å². The molecule has 1 aromatic heterocycles. The van der Waals surface area contributed by atoms with E-state index in [0.29, 0.717) is 47.6 Å². The van der Waals surface area contributed by atoms with Crippen molar-refractivity contribution in [2.24, 2.45) is 0 Å². The molecule has 0 radical (unpaired) electrons. The molecule has 1 atom stereocenters. The van der Waals surface area contributed by atoms with E-state index in [-0.39, 0.29) is 17.4 Å². The third-order valence-corrected chi connectivity index (χ3v) is 6.63. The summed E-state index contributed by atoms with van der Waals surface area (Å²) < 4.78 is 13.8. The van der Waals surface area contributed by atoms with Crippen molar-refractivity contribution in [2.45, 2.75) is 24.2 Å². The van der Waals surface area contributed by atoms with Gasteiger partial charge in [-0.3, -0.25) is 14.2 Å². The van der Waals surface area contributed by atoms with Crippen molar-refractivity contribution in [1.82, 2.24) is 14.8 Å². The topological polar surface area (TPSA) is 86.6 Å². The van der Waals surface area contributed by atoms with E-state index in [0.717, 1.165) is 11.3 Å². The van der Waals surface area contributed by atoms with E-state index in [1.54, 1.807) is 24.1 Å². The molecule has 2 aliphatic rings. The molecule has 0 fully saturated rings. The van der Waals surface area contributed by atoms with Gasteiger partial charge in [0.2, 0.25) is 5.91 Å². The predicted molar refractivity (Wildman–Crippen MR) is 124 cm³/mol. The number of anilines is 1. The van der Waals surface area contributed by atoms with Crippen LogP contribution in [0.5, 0.6) is 11.5 Å². The normalized spacial score (nSPS) is 16.6. The lowest BCUT2D eigenvalue weighted by atomic mass is 10.1. The van der Waals surface area contributed by atoms with Crippen LogP contribution < -0.4 is 14.4 Å². The first-order chi connectivity index (χ1) is 16.0. The Bertz CT molecular complexity index is 1260. The van der Waals surface area contributed by atoms with Crippen LogP contribution in [0.15, 0.2) is 60.3 Å².